The van der Waals surface area contributed by atoms with Gasteiger partial charge in [0, 0.05) is 25.5 Å². The number of carbonyl (C=O) groups excluding carboxylic acids is 1. The highest BCUT2D eigenvalue weighted by atomic mass is 16.2. The lowest BCUT2D eigenvalue weighted by atomic mass is 9.92. The third-order valence-electron chi connectivity index (χ3n) is 4.89. The molecule has 2 saturated heterocycles. The molecular weight excluding hydrogens is 250 g/mol. The number of carbonyl (C=O) groups is 1. The Bertz CT molecular complexity index is 448. The molecule has 1 aromatic heterocycles. The van der Waals surface area contributed by atoms with Gasteiger partial charge in [-0.2, -0.15) is 0 Å². The van der Waals surface area contributed by atoms with Crippen molar-refractivity contribution < 1.29 is 4.79 Å². The standard InChI is InChI=1S/C16H23N3O/c1-12(13-3-2-6-17-9-13)16(20)19-7-4-14-10-18-11-15(14)5-8-19/h2-3,6,9,12,14-15,18H,4-5,7-8,10-11H2,1H3/t12?,14-,15+. The highest BCUT2D eigenvalue weighted by Gasteiger charge is 2.32. The van der Waals surface area contributed by atoms with Crippen LogP contribution in [0.1, 0.15) is 31.2 Å². The minimum Gasteiger partial charge on any atom is -0.342 e. The van der Waals surface area contributed by atoms with Gasteiger partial charge in [-0.05, 0) is 56.3 Å². The molecule has 0 spiro atoms. The lowest BCUT2D eigenvalue weighted by Crippen LogP contribution is -2.35. The molecule has 108 valence electrons. The molecule has 2 aliphatic rings. The summed E-state index contributed by atoms with van der Waals surface area (Å²) in [6.45, 7) is 6.07. The topological polar surface area (TPSA) is 45.2 Å². The van der Waals surface area contributed by atoms with Gasteiger partial charge < -0.3 is 10.2 Å². The molecule has 0 aromatic carbocycles. The number of aromatic nitrogens is 1. The van der Waals surface area contributed by atoms with Crippen molar-refractivity contribution in [1.29, 1.82) is 0 Å². The van der Waals surface area contributed by atoms with Gasteiger partial charge in [0.05, 0.1) is 5.92 Å². The Balaban J connectivity index is 1.65. The smallest absolute Gasteiger partial charge is 0.229 e. The Morgan fingerprint density at radius 1 is 1.35 bits per heavy atom. The van der Waals surface area contributed by atoms with Gasteiger partial charge in [0.15, 0.2) is 0 Å². The number of nitrogens with one attached hydrogen (secondary N) is 1. The number of likely N-dealkylation sites (tertiary alicyclic amines) is 1. The van der Waals surface area contributed by atoms with Gasteiger partial charge >= 0.3 is 0 Å². The first-order chi connectivity index (χ1) is 9.75. The van der Waals surface area contributed by atoms with E-state index < -0.39 is 0 Å². The quantitative estimate of drug-likeness (QED) is 0.891. The van der Waals surface area contributed by atoms with Crippen molar-refractivity contribution in [1.82, 2.24) is 15.2 Å². The summed E-state index contributed by atoms with van der Waals surface area (Å²) in [4.78, 5) is 18.8. The minimum atomic E-state index is -0.0836. The van der Waals surface area contributed by atoms with E-state index in [-0.39, 0.29) is 11.8 Å². The van der Waals surface area contributed by atoms with E-state index in [2.05, 4.69) is 15.2 Å². The number of rotatable bonds is 2. The molecule has 1 N–H and O–H groups in total. The zero-order valence-corrected chi connectivity index (χ0v) is 12.1. The van der Waals surface area contributed by atoms with Gasteiger partial charge in [0.1, 0.15) is 0 Å². The van der Waals surface area contributed by atoms with Crippen LogP contribution in [0.5, 0.6) is 0 Å². The molecule has 3 rings (SSSR count). The molecule has 1 unspecified atom stereocenters. The molecule has 1 aromatic rings. The van der Waals surface area contributed by atoms with Crippen LogP contribution in [0.15, 0.2) is 24.5 Å². The Labute approximate surface area is 120 Å². The zero-order chi connectivity index (χ0) is 13.9. The van der Waals surface area contributed by atoms with Crippen molar-refractivity contribution in [3.05, 3.63) is 30.1 Å². The average Bonchev–Trinajstić information content (AvgIpc) is 2.85. The summed E-state index contributed by atoms with van der Waals surface area (Å²) in [5.41, 5.74) is 1.02. The zero-order valence-electron chi connectivity index (χ0n) is 12.1. The predicted octanol–water partition coefficient (Wildman–Crippen LogP) is 1.64. The Morgan fingerprint density at radius 2 is 2.05 bits per heavy atom. The van der Waals surface area contributed by atoms with Crippen molar-refractivity contribution in [2.24, 2.45) is 11.8 Å². The van der Waals surface area contributed by atoms with Crippen LogP contribution in [-0.2, 0) is 4.79 Å². The predicted molar refractivity (Wildman–Crippen MR) is 78.3 cm³/mol. The fourth-order valence-corrected chi connectivity index (χ4v) is 3.49. The molecule has 2 aliphatic heterocycles. The van der Waals surface area contributed by atoms with Gasteiger partial charge in [0.25, 0.3) is 0 Å². The summed E-state index contributed by atoms with van der Waals surface area (Å²) >= 11 is 0. The number of hydrogen-bond donors (Lipinski definition) is 1. The van der Waals surface area contributed by atoms with E-state index in [9.17, 15) is 4.79 Å². The van der Waals surface area contributed by atoms with Gasteiger partial charge in [-0.25, -0.2) is 0 Å². The molecule has 0 aliphatic carbocycles. The van der Waals surface area contributed by atoms with Crippen LogP contribution < -0.4 is 5.32 Å². The maximum atomic E-state index is 12.7. The van der Waals surface area contributed by atoms with Crippen LogP contribution in [-0.4, -0.2) is 42.0 Å². The van der Waals surface area contributed by atoms with Crippen LogP contribution in [0, 0.1) is 11.8 Å². The molecule has 0 bridgehead atoms. The molecule has 0 radical (unpaired) electrons. The minimum absolute atomic E-state index is 0.0836. The van der Waals surface area contributed by atoms with Gasteiger partial charge in [-0.3, -0.25) is 9.78 Å². The summed E-state index contributed by atoms with van der Waals surface area (Å²) < 4.78 is 0. The van der Waals surface area contributed by atoms with Crippen molar-refractivity contribution in [3.8, 4) is 0 Å². The maximum Gasteiger partial charge on any atom is 0.229 e. The van der Waals surface area contributed by atoms with E-state index in [1.54, 1.807) is 12.4 Å². The van der Waals surface area contributed by atoms with Crippen molar-refractivity contribution in [3.63, 3.8) is 0 Å². The van der Waals surface area contributed by atoms with Crippen molar-refractivity contribution >= 4 is 5.91 Å². The maximum absolute atomic E-state index is 12.7. The second kappa shape index (κ2) is 5.92. The van der Waals surface area contributed by atoms with E-state index in [0.29, 0.717) is 0 Å². The number of nitrogens with zero attached hydrogens (tertiary/aromatic N) is 2. The molecule has 3 atom stereocenters. The summed E-state index contributed by atoms with van der Waals surface area (Å²) in [5, 5.41) is 3.47. The van der Waals surface area contributed by atoms with Crippen LogP contribution in [0.4, 0.5) is 0 Å². The van der Waals surface area contributed by atoms with E-state index in [1.807, 2.05) is 19.1 Å². The third kappa shape index (κ3) is 2.70. The lowest BCUT2D eigenvalue weighted by Gasteiger charge is -2.24. The summed E-state index contributed by atoms with van der Waals surface area (Å²) in [6, 6.07) is 3.89. The monoisotopic (exact) mass is 273 g/mol. The van der Waals surface area contributed by atoms with Crippen LogP contribution >= 0.6 is 0 Å². The summed E-state index contributed by atoms with van der Waals surface area (Å²) in [7, 11) is 0. The first-order valence-electron chi connectivity index (χ1n) is 7.65. The third-order valence-corrected chi connectivity index (χ3v) is 4.89. The normalized spacial score (nSPS) is 27.8. The number of pyridine rings is 1. The molecule has 4 nitrogen and oxygen atoms in total. The van der Waals surface area contributed by atoms with E-state index in [4.69, 9.17) is 0 Å². The second-order valence-electron chi connectivity index (χ2n) is 6.09. The molecule has 3 heterocycles. The SMILES string of the molecule is CC(C(=O)N1CC[C@@H]2CNC[C@@H]2CC1)c1cccnc1. The first kappa shape index (κ1) is 13.6. The van der Waals surface area contributed by atoms with Gasteiger partial charge in [-0.1, -0.05) is 6.07 Å². The van der Waals surface area contributed by atoms with E-state index in [1.165, 1.54) is 0 Å². The first-order valence-corrected chi connectivity index (χ1v) is 7.65. The summed E-state index contributed by atoms with van der Waals surface area (Å²) in [5.74, 6) is 1.70. The van der Waals surface area contributed by atoms with E-state index in [0.717, 1.165) is 56.4 Å². The lowest BCUT2D eigenvalue weighted by molar-refractivity contribution is -0.132. The Kier molecular flexibility index (Phi) is 4.01. The van der Waals surface area contributed by atoms with Crippen LogP contribution in [0.2, 0.25) is 0 Å². The molecule has 20 heavy (non-hydrogen) atoms. The number of amides is 1. The highest BCUT2D eigenvalue weighted by Crippen LogP contribution is 2.28. The number of fused-ring (bicyclic) bond motifs is 1. The van der Waals surface area contributed by atoms with Crippen molar-refractivity contribution in [2.45, 2.75) is 25.7 Å². The van der Waals surface area contributed by atoms with Crippen LogP contribution in [0.3, 0.4) is 0 Å². The molecule has 0 saturated carbocycles. The van der Waals surface area contributed by atoms with Crippen LogP contribution in [0.25, 0.3) is 0 Å². The largest absolute Gasteiger partial charge is 0.342 e. The molecule has 1 amide bonds. The van der Waals surface area contributed by atoms with E-state index >= 15 is 0 Å². The Hall–Kier alpha value is -1.42. The highest BCUT2D eigenvalue weighted by molar-refractivity contribution is 5.83. The molecular formula is C16H23N3O. The molecule has 4 heteroatoms. The summed E-state index contributed by atoms with van der Waals surface area (Å²) in [6.07, 6.45) is 5.84. The number of hydrogen-bond acceptors (Lipinski definition) is 3. The van der Waals surface area contributed by atoms with Gasteiger partial charge in [0.2, 0.25) is 5.91 Å². The fraction of sp³-hybridized carbons (Fsp3) is 0.625. The Morgan fingerprint density at radius 3 is 2.65 bits per heavy atom. The fourth-order valence-electron chi connectivity index (χ4n) is 3.49. The molecule has 2 fully saturated rings. The van der Waals surface area contributed by atoms with Crippen molar-refractivity contribution in [2.75, 3.05) is 26.2 Å². The average molecular weight is 273 g/mol. The van der Waals surface area contributed by atoms with Gasteiger partial charge in [-0.15, -0.1) is 0 Å². The second-order valence-corrected chi connectivity index (χ2v) is 6.09.